The van der Waals surface area contributed by atoms with Gasteiger partial charge in [-0.2, -0.15) is 5.21 Å². The molecule has 1 aliphatic heterocycles. The average molecular weight is 704 g/mol. The lowest BCUT2D eigenvalue weighted by Crippen LogP contribution is -2.48. The lowest BCUT2D eigenvalue weighted by Gasteiger charge is -2.28. The third kappa shape index (κ3) is 9.09. The van der Waals surface area contributed by atoms with E-state index in [1.807, 2.05) is 12.1 Å². The van der Waals surface area contributed by atoms with Gasteiger partial charge in [-0.3, -0.25) is 14.4 Å². The maximum absolute atomic E-state index is 15.7. The summed E-state index contributed by atoms with van der Waals surface area (Å²) in [5.41, 5.74) is 8.82. The van der Waals surface area contributed by atoms with E-state index in [1.54, 1.807) is 48.5 Å². The molecule has 1 aliphatic carbocycles. The standard InChI is InChI=1S/C36H42FN9O3.ClH/c37-32-29(2-1-3-30(32)35(48)40-28-16-18-39-19-17-28)24-8-4-22(5-9-24)20-31(42-34(47)26-10-6-23(21-38)7-11-26)36(49)41-27-14-12-25(13-15-27)33-43-45-46-44-33;/h1-5,8-9,12-15,23,26,28,31,39H,6-7,10-11,16-21,38H2,(H,40,48)(H,41,49)(H,42,47)(H,43,44,45,46);1H/t23?,26?,31-;/m0./s1. The van der Waals surface area contributed by atoms with Gasteiger partial charge < -0.3 is 27.0 Å². The molecule has 1 saturated carbocycles. The van der Waals surface area contributed by atoms with Crippen molar-refractivity contribution in [2.24, 2.45) is 17.6 Å². The average Bonchev–Trinajstić information content (AvgIpc) is 3.68. The number of anilines is 1. The normalized spacial score (nSPS) is 18.4. The molecule has 2 fully saturated rings. The number of aromatic nitrogens is 4. The fourth-order valence-electron chi connectivity index (χ4n) is 6.59. The van der Waals surface area contributed by atoms with Crippen LogP contribution in [0.1, 0.15) is 54.4 Å². The minimum absolute atomic E-state index is 0. The van der Waals surface area contributed by atoms with E-state index in [9.17, 15) is 14.4 Å². The van der Waals surface area contributed by atoms with E-state index in [4.69, 9.17) is 5.73 Å². The molecule has 1 saturated heterocycles. The molecule has 0 radical (unpaired) electrons. The summed E-state index contributed by atoms with van der Waals surface area (Å²) >= 11 is 0. The number of nitrogens with two attached hydrogens (primary N) is 1. The highest BCUT2D eigenvalue weighted by molar-refractivity contribution is 5.98. The van der Waals surface area contributed by atoms with Gasteiger partial charge in [0.25, 0.3) is 5.91 Å². The highest BCUT2D eigenvalue weighted by Gasteiger charge is 2.29. The summed E-state index contributed by atoms with van der Waals surface area (Å²) in [6, 6.07) is 18.2. The summed E-state index contributed by atoms with van der Waals surface area (Å²) in [6.45, 7) is 2.25. The van der Waals surface area contributed by atoms with Crippen molar-refractivity contribution >= 4 is 35.8 Å². The molecule has 2 heterocycles. The molecule has 1 aromatic heterocycles. The molecule has 12 nitrogen and oxygen atoms in total. The van der Waals surface area contributed by atoms with Crippen molar-refractivity contribution in [1.29, 1.82) is 0 Å². The first-order valence-electron chi connectivity index (χ1n) is 16.9. The van der Waals surface area contributed by atoms with E-state index in [-0.39, 0.29) is 48.2 Å². The Morgan fingerprint density at radius 1 is 0.900 bits per heavy atom. The molecule has 7 N–H and O–H groups in total. The first kappa shape index (κ1) is 36.6. The third-order valence-corrected chi connectivity index (χ3v) is 9.56. The highest BCUT2D eigenvalue weighted by atomic mass is 35.5. The molecule has 264 valence electrons. The maximum Gasteiger partial charge on any atom is 0.254 e. The topological polar surface area (TPSA) is 180 Å². The van der Waals surface area contributed by atoms with E-state index < -0.39 is 17.8 Å². The second-order valence-corrected chi connectivity index (χ2v) is 12.9. The number of H-pyrrole nitrogens is 1. The number of halogens is 2. The second-order valence-electron chi connectivity index (χ2n) is 12.9. The Morgan fingerprint density at radius 3 is 2.26 bits per heavy atom. The Morgan fingerprint density at radius 2 is 1.60 bits per heavy atom. The summed E-state index contributed by atoms with van der Waals surface area (Å²) in [5.74, 6) is -0.846. The number of rotatable bonds is 11. The van der Waals surface area contributed by atoms with Crippen molar-refractivity contribution in [3.63, 3.8) is 0 Å². The summed E-state index contributed by atoms with van der Waals surface area (Å²) in [7, 11) is 0. The molecule has 6 rings (SSSR count). The van der Waals surface area contributed by atoms with Gasteiger partial charge in [0.2, 0.25) is 17.6 Å². The predicted octanol–water partition coefficient (Wildman–Crippen LogP) is 4.01. The molecule has 0 bridgehead atoms. The Kier molecular flexibility index (Phi) is 12.6. The van der Waals surface area contributed by atoms with E-state index in [0.29, 0.717) is 35.1 Å². The Hall–Kier alpha value is -4.72. The Balaban J connectivity index is 0.00000486. The fraction of sp³-hybridized carbons (Fsp3) is 0.389. The summed E-state index contributed by atoms with van der Waals surface area (Å²) in [5, 5.41) is 26.1. The van der Waals surface area contributed by atoms with Crippen LogP contribution >= 0.6 is 12.4 Å². The van der Waals surface area contributed by atoms with Crippen molar-refractivity contribution in [3.05, 3.63) is 83.7 Å². The number of aromatic amines is 1. The smallest absolute Gasteiger partial charge is 0.254 e. The first-order chi connectivity index (χ1) is 23.9. The van der Waals surface area contributed by atoms with Crippen LogP contribution in [0.5, 0.6) is 0 Å². The largest absolute Gasteiger partial charge is 0.349 e. The monoisotopic (exact) mass is 703 g/mol. The van der Waals surface area contributed by atoms with E-state index in [0.717, 1.165) is 62.7 Å². The number of carbonyl (C=O) groups is 3. The number of benzene rings is 3. The molecule has 3 amide bonds. The number of amides is 3. The molecule has 3 aromatic carbocycles. The van der Waals surface area contributed by atoms with Gasteiger partial charge in [-0.1, -0.05) is 36.4 Å². The van der Waals surface area contributed by atoms with E-state index in [1.165, 1.54) is 6.07 Å². The zero-order chi connectivity index (χ0) is 34.2. The van der Waals surface area contributed by atoms with Crippen LogP contribution in [0.4, 0.5) is 10.1 Å². The molecule has 4 aromatic rings. The van der Waals surface area contributed by atoms with Gasteiger partial charge in [-0.05, 0) is 111 Å². The van der Waals surface area contributed by atoms with Gasteiger partial charge in [0.05, 0.1) is 5.56 Å². The van der Waals surface area contributed by atoms with Crippen molar-refractivity contribution in [3.8, 4) is 22.5 Å². The van der Waals surface area contributed by atoms with Crippen molar-refractivity contribution in [2.75, 3.05) is 25.0 Å². The number of carbonyl (C=O) groups excluding carboxylic acids is 3. The van der Waals surface area contributed by atoms with Gasteiger partial charge in [-0.25, -0.2) is 4.39 Å². The lowest BCUT2D eigenvalue weighted by molar-refractivity contribution is -0.130. The van der Waals surface area contributed by atoms with Crippen LogP contribution in [-0.2, 0) is 16.0 Å². The highest BCUT2D eigenvalue weighted by Crippen LogP contribution is 2.29. The molecular weight excluding hydrogens is 661 g/mol. The Bertz CT molecular complexity index is 1720. The van der Waals surface area contributed by atoms with Gasteiger partial charge in [0.15, 0.2) is 0 Å². The minimum Gasteiger partial charge on any atom is -0.349 e. The maximum atomic E-state index is 15.7. The molecule has 1 atom stereocenters. The van der Waals surface area contributed by atoms with Crippen LogP contribution < -0.4 is 27.0 Å². The second kappa shape index (κ2) is 17.3. The predicted molar refractivity (Wildman–Crippen MR) is 191 cm³/mol. The van der Waals surface area contributed by atoms with Crippen molar-refractivity contribution < 1.29 is 18.8 Å². The summed E-state index contributed by atoms with van der Waals surface area (Å²) in [6.07, 6.45) is 5.06. The lowest BCUT2D eigenvalue weighted by atomic mass is 9.81. The van der Waals surface area contributed by atoms with Crippen LogP contribution in [0.25, 0.3) is 22.5 Å². The number of hydrogen-bond donors (Lipinski definition) is 6. The number of nitrogens with zero attached hydrogens (tertiary/aromatic N) is 3. The molecule has 14 heteroatoms. The number of hydrogen-bond acceptors (Lipinski definition) is 8. The van der Waals surface area contributed by atoms with Crippen LogP contribution in [0.15, 0.2) is 66.7 Å². The minimum atomic E-state index is -0.860. The molecule has 50 heavy (non-hydrogen) atoms. The number of nitrogens with one attached hydrogen (secondary N) is 5. The number of tetrazole rings is 1. The number of piperidine rings is 1. The fourth-order valence-corrected chi connectivity index (χ4v) is 6.59. The van der Waals surface area contributed by atoms with Gasteiger partial charge in [-0.15, -0.1) is 22.6 Å². The van der Waals surface area contributed by atoms with Gasteiger partial charge in [0, 0.05) is 35.2 Å². The molecular formula is C36H43ClFN9O3. The zero-order valence-electron chi connectivity index (χ0n) is 27.7. The summed E-state index contributed by atoms with van der Waals surface area (Å²) in [4.78, 5) is 40.0. The molecule has 2 aliphatic rings. The van der Waals surface area contributed by atoms with Gasteiger partial charge >= 0.3 is 0 Å². The van der Waals surface area contributed by atoms with Gasteiger partial charge in [0.1, 0.15) is 11.9 Å². The van der Waals surface area contributed by atoms with E-state index in [2.05, 4.69) is 41.9 Å². The molecule has 0 spiro atoms. The van der Waals surface area contributed by atoms with Crippen LogP contribution in [0.3, 0.4) is 0 Å². The van der Waals surface area contributed by atoms with Crippen molar-refractivity contribution in [2.45, 2.75) is 57.0 Å². The van der Waals surface area contributed by atoms with Crippen LogP contribution in [0, 0.1) is 17.7 Å². The van der Waals surface area contributed by atoms with Crippen molar-refractivity contribution in [1.82, 2.24) is 36.6 Å². The van der Waals surface area contributed by atoms with E-state index >= 15 is 4.39 Å². The first-order valence-corrected chi connectivity index (χ1v) is 16.9. The SMILES string of the molecule is Cl.NCC1CCC(C(=O)N[C@@H](Cc2ccc(-c3cccc(C(=O)NC4CCNCC4)c3F)cc2)C(=O)Nc2ccc(-c3nn[nH]n3)cc2)CC1. The Labute approximate surface area is 296 Å². The zero-order valence-corrected chi connectivity index (χ0v) is 28.5. The summed E-state index contributed by atoms with van der Waals surface area (Å²) < 4.78 is 15.7. The quantitative estimate of drug-likeness (QED) is 0.136. The van der Waals surface area contributed by atoms with Crippen LogP contribution in [-0.4, -0.2) is 70.1 Å². The molecule has 0 unspecified atom stereocenters. The van der Waals surface area contributed by atoms with Crippen LogP contribution in [0.2, 0.25) is 0 Å². The third-order valence-electron chi connectivity index (χ3n) is 9.56.